The zero-order chi connectivity index (χ0) is 18.0. The van der Waals surface area contributed by atoms with E-state index in [9.17, 15) is 4.79 Å². The third-order valence-corrected chi connectivity index (χ3v) is 7.56. The van der Waals surface area contributed by atoms with Gasteiger partial charge in [0.25, 0.3) is 0 Å². The average Bonchev–Trinajstić information content (AvgIpc) is 2.96. The van der Waals surface area contributed by atoms with E-state index in [2.05, 4.69) is 20.7 Å². The fourth-order valence-corrected chi connectivity index (χ4v) is 6.77. The van der Waals surface area contributed by atoms with Crippen molar-refractivity contribution in [2.24, 2.45) is 17.3 Å². The van der Waals surface area contributed by atoms with Gasteiger partial charge in [-0.1, -0.05) is 6.42 Å². The molecule has 1 aromatic rings. The molecule has 4 bridgehead atoms. The molecule has 1 amide bonds. The number of nitrogens with zero attached hydrogens (tertiary/aromatic N) is 4. The topological polar surface area (TPSA) is 81.9 Å². The van der Waals surface area contributed by atoms with Gasteiger partial charge in [-0.2, -0.15) is 4.80 Å². The summed E-state index contributed by atoms with van der Waals surface area (Å²) < 4.78 is 5.39. The molecule has 142 valence electrons. The number of hydrogen-bond donors (Lipinski definition) is 1. The Hall–Kier alpha value is -1.50. The molecule has 1 aromatic heterocycles. The summed E-state index contributed by atoms with van der Waals surface area (Å²) in [6.45, 7) is 2.43. The first-order chi connectivity index (χ1) is 12.5. The van der Waals surface area contributed by atoms with Crippen LogP contribution in [0.3, 0.4) is 0 Å². The number of carbonyl (C=O) groups excluding carboxylic acids is 1. The first kappa shape index (κ1) is 16.7. The van der Waals surface area contributed by atoms with Crippen molar-refractivity contribution in [3.8, 4) is 0 Å². The zero-order valence-corrected chi connectivity index (χ0v) is 15.8. The van der Waals surface area contributed by atoms with Gasteiger partial charge in [0.1, 0.15) is 0 Å². The second-order valence-corrected chi connectivity index (χ2v) is 9.61. The van der Waals surface area contributed by atoms with E-state index in [0.717, 1.165) is 57.2 Å². The second-order valence-electron chi connectivity index (χ2n) is 9.61. The molecule has 6 rings (SSSR count). The Bertz CT molecular complexity index is 711. The van der Waals surface area contributed by atoms with Crippen molar-refractivity contribution in [2.45, 2.75) is 75.8 Å². The maximum Gasteiger partial charge on any atom is 0.228 e. The summed E-state index contributed by atoms with van der Waals surface area (Å²) in [7, 11) is 1.70. The molecule has 1 heterocycles. The summed E-state index contributed by atoms with van der Waals surface area (Å²) in [6.07, 6.45) is 9.71. The number of hydrogen-bond acceptors (Lipinski definition) is 5. The van der Waals surface area contributed by atoms with Crippen molar-refractivity contribution in [1.82, 2.24) is 25.5 Å². The molecular formula is C19H29N5O2. The lowest BCUT2D eigenvalue weighted by atomic mass is 9.49. The number of aromatic nitrogens is 4. The Kier molecular flexibility index (Phi) is 3.53. The Morgan fingerprint density at radius 1 is 1.27 bits per heavy atom. The van der Waals surface area contributed by atoms with E-state index >= 15 is 0 Å². The smallest absolute Gasteiger partial charge is 0.228 e. The number of nitrogens with one attached hydrogen (secondary N) is 1. The number of carbonyl (C=O) groups is 1. The second kappa shape index (κ2) is 5.50. The predicted octanol–water partition coefficient (Wildman–Crippen LogP) is 1.96. The lowest BCUT2D eigenvalue weighted by Gasteiger charge is -2.61. The van der Waals surface area contributed by atoms with Gasteiger partial charge in [-0.15, -0.1) is 10.2 Å². The van der Waals surface area contributed by atoms with Gasteiger partial charge in [0.15, 0.2) is 5.82 Å². The van der Waals surface area contributed by atoms with Crippen LogP contribution in [0.5, 0.6) is 0 Å². The fraction of sp³-hybridized carbons (Fsp3) is 0.895. The SMILES string of the molecule is COCC1(C(=O)NC23C[C@H]4C[C@H](C2)CC(n2nnc(C)n2)(C4)C3)CCC1. The van der Waals surface area contributed by atoms with E-state index in [1.165, 1.54) is 6.42 Å². The van der Waals surface area contributed by atoms with Crippen molar-refractivity contribution in [1.29, 1.82) is 0 Å². The molecule has 1 N–H and O–H groups in total. The van der Waals surface area contributed by atoms with Gasteiger partial charge in [0.2, 0.25) is 5.91 Å². The molecule has 7 heteroatoms. The number of tetrazole rings is 1. The summed E-state index contributed by atoms with van der Waals surface area (Å²) in [4.78, 5) is 15.1. The molecule has 0 saturated heterocycles. The lowest BCUT2D eigenvalue weighted by molar-refractivity contribution is -0.149. The van der Waals surface area contributed by atoms with E-state index in [1.54, 1.807) is 7.11 Å². The number of aryl methyl sites for hydroxylation is 1. The van der Waals surface area contributed by atoms with Gasteiger partial charge in [0.05, 0.1) is 17.6 Å². The maximum atomic E-state index is 13.2. The monoisotopic (exact) mass is 359 g/mol. The van der Waals surface area contributed by atoms with Crippen molar-refractivity contribution in [3.63, 3.8) is 0 Å². The molecule has 0 unspecified atom stereocenters. The molecule has 0 spiro atoms. The summed E-state index contributed by atoms with van der Waals surface area (Å²) in [6, 6.07) is 0. The van der Waals surface area contributed by atoms with Crippen molar-refractivity contribution in [2.75, 3.05) is 13.7 Å². The van der Waals surface area contributed by atoms with Gasteiger partial charge in [-0.3, -0.25) is 4.79 Å². The number of rotatable bonds is 5. The minimum atomic E-state index is -0.298. The number of ether oxygens (including phenoxy) is 1. The van der Waals surface area contributed by atoms with Gasteiger partial charge in [-0.25, -0.2) is 0 Å². The average molecular weight is 359 g/mol. The van der Waals surface area contributed by atoms with Crippen LogP contribution in [0.4, 0.5) is 0 Å². The summed E-state index contributed by atoms with van der Waals surface area (Å²) in [5, 5.41) is 16.6. The third kappa shape index (κ3) is 2.35. The lowest BCUT2D eigenvalue weighted by Crippen LogP contribution is -2.68. The van der Waals surface area contributed by atoms with Crippen LogP contribution in [0.25, 0.3) is 0 Å². The van der Waals surface area contributed by atoms with Crippen LogP contribution in [0.1, 0.15) is 63.6 Å². The zero-order valence-electron chi connectivity index (χ0n) is 15.8. The minimum absolute atomic E-state index is 0.0628. The van der Waals surface area contributed by atoms with Crippen molar-refractivity contribution >= 4 is 5.91 Å². The Morgan fingerprint density at radius 2 is 2.00 bits per heavy atom. The molecular weight excluding hydrogens is 330 g/mol. The molecule has 0 radical (unpaired) electrons. The number of amides is 1. The van der Waals surface area contributed by atoms with Crippen LogP contribution < -0.4 is 5.32 Å². The summed E-state index contributed by atoms with van der Waals surface area (Å²) in [5.74, 6) is 2.25. The molecule has 5 saturated carbocycles. The number of methoxy groups -OCH3 is 1. The maximum absolute atomic E-state index is 13.2. The van der Waals surface area contributed by atoms with Crippen LogP contribution in [0.15, 0.2) is 0 Å². The Balaban J connectivity index is 1.43. The first-order valence-electron chi connectivity index (χ1n) is 10.1. The van der Waals surface area contributed by atoms with E-state index in [4.69, 9.17) is 4.74 Å². The largest absolute Gasteiger partial charge is 0.384 e. The normalized spacial score (nSPS) is 39.6. The van der Waals surface area contributed by atoms with E-state index in [-0.39, 0.29) is 22.4 Å². The van der Waals surface area contributed by atoms with Crippen molar-refractivity contribution < 1.29 is 9.53 Å². The summed E-state index contributed by atoms with van der Waals surface area (Å²) >= 11 is 0. The Labute approximate surface area is 154 Å². The van der Waals surface area contributed by atoms with Crippen LogP contribution in [0, 0.1) is 24.2 Å². The molecule has 5 aliphatic carbocycles. The molecule has 26 heavy (non-hydrogen) atoms. The first-order valence-corrected chi connectivity index (χ1v) is 10.1. The van der Waals surface area contributed by atoms with Gasteiger partial charge in [-0.05, 0) is 75.3 Å². The van der Waals surface area contributed by atoms with Gasteiger partial charge < -0.3 is 10.1 Å². The highest BCUT2D eigenvalue weighted by Gasteiger charge is 2.61. The van der Waals surface area contributed by atoms with Gasteiger partial charge >= 0.3 is 0 Å². The van der Waals surface area contributed by atoms with E-state index in [1.807, 2.05) is 11.7 Å². The standard InChI is InChI=1S/C19H29N5O2/c1-13-21-23-24(22-13)19-9-14-6-15(10-19)8-18(7-14,11-19)20-16(25)17(12-26-2)4-3-5-17/h14-15H,3-12H2,1-2H3,(H,20,25)/t14-,15-,18?,19?/m1/s1. The van der Waals surface area contributed by atoms with Crippen LogP contribution in [0.2, 0.25) is 0 Å². The Morgan fingerprint density at radius 3 is 2.54 bits per heavy atom. The summed E-state index contributed by atoms with van der Waals surface area (Å²) in [5.41, 5.74) is -0.459. The minimum Gasteiger partial charge on any atom is -0.384 e. The molecule has 5 aliphatic rings. The fourth-order valence-electron chi connectivity index (χ4n) is 6.77. The molecule has 5 fully saturated rings. The molecule has 0 aliphatic heterocycles. The predicted molar refractivity (Wildman–Crippen MR) is 94.2 cm³/mol. The molecule has 0 aromatic carbocycles. The highest BCUT2D eigenvalue weighted by Crippen LogP contribution is 2.60. The van der Waals surface area contributed by atoms with Gasteiger partial charge in [0, 0.05) is 12.6 Å². The third-order valence-electron chi connectivity index (χ3n) is 7.56. The van der Waals surface area contributed by atoms with E-state index in [0.29, 0.717) is 18.4 Å². The van der Waals surface area contributed by atoms with Crippen LogP contribution in [-0.4, -0.2) is 45.4 Å². The highest BCUT2D eigenvalue weighted by molar-refractivity contribution is 5.84. The molecule has 2 atom stereocenters. The van der Waals surface area contributed by atoms with E-state index < -0.39 is 0 Å². The molecule has 7 nitrogen and oxygen atoms in total. The van der Waals surface area contributed by atoms with Crippen LogP contribution in [-0.2, 0) is 15.1 Å². The highest BCUT2D eigenvalue weighted by atomic mass is 16.5. The van der Waals surface area contributed by atoms with Crippen molar-refractivity contribution in [3.05, 3.63) is 5.82 Å². The van der Waals surface area contributed by atoms with Crippen LogP contribution >= 0.6 is 0 Å². The quantitative estimate of drug-likeness (QED) is 0.869.